The maximum Gasteiger partial charge on any atom is 0.410 e. The van der Waals surface area contributed by atoms with Crippen LogP contribution >= 0.6 is 0 Å². The highest BCUT2D eigenvalue weighted by atomic mass is 16.6. The summed E-state index contributed by atoms with van der Waals surface area (Å²) in [7, 11) is 5.69. The van der Waals surface area contributed by atoms with Crippen molar-refractivity contribution >= 4 is 100 Å². The van der Waals surface area contributed by atoms with Crippen molar-refractivity contribution < 1.29 is 130 Å². The summed E-state index contributed by atoms with van der Waals surface area (Å²) in [6.07, 6.45) is 10.5. The van der Waals surface area contributed by atoms with E-state index in [0.717, 1.165) is 80.9 Å². The fraction of sp³-hybridized carbons (Fsp3) is 0.450. The molecule has 3 aliphatic carbocycles. The summed E-state index contributed by atoms with van der Waals surface area (Å²) in [6, 6.07) is 56.5. The summed E-state index contributed by atoms with van der Waals surface area (Å²) in [5, 5.41) is 43.7. The van der Waals surface area contributed by atoms with E-state index in [4.69, 9.17) is 92.1 Å². The van der Waals surface area contributed by atoms with Crippen molar-refractivity contribution in [3.63, 3.8) is 0 Å². The first-order valence-corrected chi connectivity index (χ1v) is 47.5. The fourth-order valence-electron chi connectivity index (χ4n) is 15.2. The maximum absolute atomic E-state index is 12.2. The van der Waals surface area contributed by atoms with Crippen molar-refractivity contribution in [2.75, 3.05) is 89.9 Å². The molecule has 34 heteroatoms. The highest BCUT2D eigenvalue weighted by Crippen LogP contribution is 2.34. The maximum atomic E-state index is 12.2. The molecular weight excluding hydrogens is 1840 g/mol. The number of nitrogens with zero attached hydrogens (tertiary/aromatic N) is 2. The van der Waals surface area contributed by atoms with E-state index in [2.05, 4.69) is 23.3 Å². The van der Waals surface area contributed by atoms with Gasteiger partial charge in [-0.25, -0.2) is 33.6 Å². The number of esters is 5. The number of anilines is 5. The SMILES string of the molecule is CC(C)CCOc1cc(N)cc(C(=O)OCc2ccccc2)c1.COC(=O)c1cc(N)cc(OC)c1.COC(=O)c1cccc(N)c1.COc1cc(N)cc(C(=O)OCc2ccccc2)c1.C[C@@H]1CCCC[C@H]1C(=O)O.C[C@@H]1CCC[C@H]1C(=O)O.C[C@@H]1CN(C(=O)OC(C)(C)C)C[C@H]1C(=O)O.C[C@H]1CCC[C@@H]1C(=O)O.C[C@H]1CN(C(=O)OC(C)(C)C)C[C@@H]1C(=O)O.Nc1cccc(C(=O)OCc2ccccc2)c1. The zero-order valence-corrected chi connectivity index (χ0v) is 85.3. The number of carboxylic acids is 5. The van der Waals surface area contributed by atoms with Crippen LogP contribution in [-0.4, -0.2) is 180 Å². The Bertz CT molecular complexity index is 5250. The average molecular weight is 1990 g/mol. The molecular formula is C109H147N7O27. The predicted octanol–water partition coefficient (Wildman–Crippen LogP) is 19.5. The molecule has 8 aromatic rings. The number of benzene rings is 8. The van der Waals surface area contributed by atoms with Crippen LogP contribution in [0.15, 0.2) is 194 Å². The third-order valence-electron chi connectivity index (χ3n) is 23.1. The second kappa shape index (κ2) is 61.9. The molecule has 34 nitrogen and oxygen atoms in total. The molecule has 0 bridgehead atoms. The Labute approximate surface area is 838 Å². The lowest BCUT2D eigenvalue weighted by molar-refractivity contribution is -0.145. The minimum Gasteiger partial charge on any atom is -0.497 e. The van der Waals surface area contributed by atoms with Gasteiger partial charge in [-0.1, -0.05) is 177 Å². The number of carbonyl (C=O) groups excluding carboxylic acids is 7. The van der Waals surface area contributed by atoms with Crippen LogP contribution in [0.2, 0.25) is 0 Å². The van der Waals surface area contributed by atoms with Crippen molar-refractivity contribution in [2.45, 2.75) is 192 Å². The number of aliphatic carboxylic acids is 5. The van der Waals surface area contributed by atoms with E-state index < -0.39 is 83.0 Å². The summed E-state index contributed by atoms with van der Waals surface area (Å²) >= 11 is 0. The quantitative estimate of drug-likeness (QED) is 0.0171. The molecule has 0 unspecified atom stereocenters. The Morgan fingerprint density at radius 1 is 0.329 bits per heavy atom. The molecule has 143 heavy (non-hydrogen) atoms. The summed E-state index contributed by atoms with van der Waals surface area (Å²) in [5.41, 5.74) is 34.5. The van der Waals surface area contributed by atoms with Gasteiger partial charge >= 0.3 is 71.9 Å². The van der Waals surface area contributed by atoms with E-state index >= 15 is 0 Å². The molecule has 5 aliphatic rings. The van der Waals surface area contributed by atoms with Gasteiger partial charge in [-0.15, -0.1) is 0 Å². The first-order valence-electron chi connectivity index (χ1n) is 47.5. The Morgan fingerprint density at radius 2 is 0.615 bits per heavy atom. The van der Waals surface area contributed by atoms with Crippen LogP contribution in [-0.2, 0) is 77.0 Å². The summed E-state index contributed by atoms with van der Waals surface area (Å²) in [6.45, 7) is 27.5. The number of carbonyl (C=O) groups is 12. The lowest BCUT2D eigenvalue weighted by Gasteiger charge is -2.24. The van der Waals surface area contributed by atoms with Gasteiger partial charge in [0.25, 0.3) is 0 Å². The first-order chi connectivity index (χ1) is 67.4. The largest absolute Gasteiger partial charge is 0.497 e. The van der Waals surface area contributed by atoms with Crippen LogP contribution in [0.25, 0.3) is 0 Å². The Kier molecular flexibility index (Phi) is 52.2. The minimum absolute atomic E-state index is 0.0231. The first kappa shape index (κ1) is 121. The van der Waals surface area contributed by atoms with Gasteiger partial charge in [0.1, 0.15) is 48.3 Å². The molecule has 780 valence electrons. The highest BCUT2D eigenvalue weighted by Gasteiger charge is 2.41. The van der Waals surface area contributed by atoms with E-state index in [9.17, 15) is 57.5 Å². The number of ether oxygens (including phenoxy) is 10. The van der Waals surface area contributed by atoms with E-state index in [-0.39, 0.29) is 74.4 Å². The van der Waals surface area contributed by atoms with Gasteiger partial charge < -0.3 is 111 Å². The molecule has 0 spiro atoms. The van der Waals surface area contributed by atoms with Crippen LogP contribution in [0, 0.1) is 65.1 Å². The van der Waals surface area contributed by atoms with E-state index in [1.807, 2.05) is 126 Å². The number of hydrogen-bond acceptors (Lipinski definition) is 27. The normalized spacial score (nSPS) is 18.2. The van der Waals surface area contributed by atoms with Gasteiger partial charge in [0.05, 0.1) is 92.5 Å². The van der Waals surface area contributed by atoms with Gasteiger partial charge in [-0.3, -0.25) is 24.0 Å². The number of nitrogen functional groups attached to an aromatic ring is 5. The molecule has 13 rings (SSSR count). The van der Waals surface area contributed by atoms with Gasteiger partial charge in [0.2, 0.25) is 0 Å². The van der Waals surface area contributed by atoms with Gasteiger partial charge in [0, 0.05) is 72.8 Å². The standard InChI is InChI=1S/C19H23NO3.C15H15NO3.C14H13NO2.2C11H19NO4.C9H11NO3.C8H9NO2.C8H14O2.2C7H12O2/c1-14(2)8-9-22-18-11-16(10-17(20)12-18)19(21)23-13-15-6-4-3-5-7-15;1-18-14-8-12(7-13(16)9-14)15(17)19-10-11-5-3-2-4-6-11;15-13-8-4-7-12(9-13)14(16)17-10-11-5-2-1-3-6-11;2*1-7-5-12(6-8(7)9(13)14)10(15)16-11(2,3)4;1-12-8-4-6(9(11)13-2)3-7(10)5-8;1-11-8(10)6-3-2-4-7(9)5-6;1-6-4-2-3-5-7(6)8(9)10;2*1-5-3-2-4-6(5)7(8)9/h3-7,10-12,14H,8-9,13,20H2,1-2H3;2-9H,10,16H2,1H3;1-9H,10,15H2;2*7-8H,5-6H2,1-4H3,(H,13,14);3-5H,10H2,1-2H3;2-5H,9H2,1H3;6-7H,2-5H2,1H3,(H,9,10);2*5-6H,2-4H2,1H3,(H,8,9)/t;;;2*7-,8-;;;6-,7-;2*5-,6-/m...10..110/s1. The summed E-state index contributed by atoms with van der Waals surface area (Å²) in [4.78, 5) is 137. The second-order valence-electron chi connectivity index (χ2n) is 37.8. The van der Waals surface area contributed by atoms with Gasteiger partial charge in [0.15, 0.2) is 0 Å². The molecule has 5 fully saturated rings. The molecule has 2 aliphatic heterocycles. The number of methoxy groups -OCH3 is 4. The smallest absolute Gasteiger partial charge is 0.410 e. The molecule has 2 saturated heterocycles. The number of rotatable bonds is 22. The average Bonchev–Trinajstić information content (AvgIpc) is 1.71. The molecule has 0 radical (unpaired) electrons. The molecule has 8 aromatic carbocycles. The zero-order chi connectivity index (χ0) is 107. The lowest BCUT2D eigenvalue weighted by Crippen LogP contribution is -2.35. The van der Waals surface area contributed by atoms with Gasteiger partial charge in [-0.05, 0) is 211 Å². The van der Waals surface area contributed by atoms with E-state index in [1.165, 1.54) is 50.7 Å². The van der Waals surface area contributed by atoms with Crippen molar-refractivity contribution in [1.29, 1.82) is 0 Å². The highest BCUT2D eigenvalue weighted by molar-refractivity contribution is 5.93. The van der Waals surface area contributed by atoms with Gasteiger partial charge in [-0.2, -0.15) is 0 Å². The number of amides is 2. The molecule has 3 saturated carbocycles. The monoisotopic (exact) mass is 1990 g/mol. The third-order valence-corrected chi connectivity index (χ3v) is 23.1. The minimum atomic E-state index is -0.849. The van der Waals surface area contributed by atoms with Crippen molar-refractivity contribution in [3.8, 4) is 17.2 Å². The van der Waals surface area contributed by atoms with Crippen molar-refractivity contribution in [3.05, 3.63) is 239 Å². The predicted molar refractivity (Wildman–Crippen MR) is 545 cm³/mol. The molecule has 2 amide bonds. The second-order valence-corrected chi connectivity index (χ2v) is 37.8. The van der Waals surface area contributed by atoms with Crippen LogP contribution in [0.1, 0.15) is 229 Å². The van der Waals surface area contributed by atoms with Crippen molar-refractivity contribution in [1.82, 2.24) is 9.80 Å². The van der Waals surface area contributed by atoms with Crippen molar-refractivity contribution in [2.24, 2.45) is 65.1 Å². The third kappa shape index (κ3) is 46.6. The van der Waals surface area contributed by atoms with E-state index in [1.54, 1.807) is 139 Å². The molecule has 0 aromatic heterocycles. The Balaban J connectivity index is 0.000000335. The summed E-state index contributed by atoms with van der Waals surface area (Å²) < 4.78 is 50.8. The lowest BCUT2D eigenvalue weighted by atomic mass is 9.81. The Morgan fingerprint density at radius 3 is 0.895 bits per heavy atom. The van der Waals surface area contributed by atoms with Crippen LogP contribution in [0.4, 0.5) is 38.0 Å². The summed E-state index contributed by atoms with van der Waals surface area (Å²) in [5.74, 6) is -3.23. The molecule has 15 N–H and O–H groups in total. The zero-order valence-electron chi connectivity index (χ0n) is 85.3. The van der Waals surface area contributed by atoms with Crippen LogP contribution < -0.4 is 42.9 Å². The number of carboxylic acid groups (broad SMARTS) is 5. The van der Waals surface area contributed by atoms with Crippen LogP contribution in [0.3, 0.4) is 0 Å². The fourth-order valence-corrected chi connectivity index (χ4v) is 15.2. The number of likely N-dealkylation sites (tertiary alicyclic amines) is 2. The number of nitrogens with two attached hydrogens (primary N) is 5. The van der Waals surface area contributed by atoms with Crippen LogP contribution in [0.5, 0.6) is 17.2 Å². The topological polar surface area (TPSA) is 535 Å². The molecule has 2 heterocycles. The Hall–Kier alpha value is -14.6. The molecule has 10 atom stereocenters. The van der Waals surface area contributed by atoms with E-state index in [0.29, 0.717) is 117 Å². The number of hydrogen-bond donors (Lipinski definition) is 10.